The normalized spacial score (nSPS) is 19.6. The first-order chi connectivity index (χ1) is 9.24. The molecule has 2 heterocycles. The molecule has 0 aliphatic carbocycles. The fourth-order valence-electron chi connectivity index (χ4n) is 1.86. The number of thiocarbonyl (C=S) groups is 1. The highest BCUT2D eigenvalue weighted by molar-refractivity contribution is 7.92. The predicted molar refractivity (Wildman–Crippen MR) is 77.5 cm³/mol. The molecule has 0 unspecified atom stereocenters. The van der Waals surface area contributed by atoms with E-state index < -0.39 is 19.9 Å². The minimum absolute atomic E-state index is 0.0240. The summed E-state index contributed by atoms with van der Waals surface area (Å²) in [5.41, 5.74) is 5.50. The molecule has 0 spiro atoms. The van der Waals surface area contributed by atoms with E-state index in [1.807, 2.05) is 0 Å². The molecule has 2 N–H and O–H groups in total. The van der Waals surface area contributed by atoms with E-state index in [2.05, 4.69) is 4.98 Å². The highest BCUT2D eigenvalue weighted by Gasteiger charge is 2.33. The molecule has 110 valence electrons. The number of sulfone groups is 1. The maximum atomic E-state index is 12.5. The highest BCUT2D eigenvalue weighted by atomic mass is 32.2. The highest BCUT2D eigenvalue weighted by Crippen LogP contribution is 2.20. The fourth-order valence-corrected chi connectivity index (χ4v) is 5.12. The van der Waals surface area contributed by atoms with Gasteiger partial charge in [-0.15, -0.1) is 0 Å². The van der Waals surface area contributed by atoms with Crippen molar-refractivity contribution in [3.63, 3.8) is 0 Å². The second-order valence-electron chi connectivity index (χ2n) is 4.27. The maximum absolute atomic E-state index is 12.5. The molecule has 0 amide bonds. The standard InChI is InChI=1S/C10H13N3O4S3/c11-10(18)9-8(2-1-3-12-9)20(16,17)13-4-6-19(14,15)7-5-13/h1-3H,4-7H2,(H2,11,18). The lowest BCUT2D eigenvalue weighted by Crippen LogP contribution is -2.44. The molecule has 1 fully saturated rings. The second-order valence-corrected chi connectivity index (χ2v) is 8.92. The number of rotatable bonds is 3. The number of aromatic nitrogens is 1. The van der Waals surface area contributed by atoms with E-state index in [9.17, 15) is 16.8 Å². The second kappa shape index (κ2) is 5.35. The summed E-state index contributed by atoms with van der Waals surface area (Å²) < 4.78 is 48.8. The van der Waals surface area contributed by atoms with Gasteiger partial charge in [-0.05, 0) is 12.1 Å². The van der Waals surface area contributed by atoms with Crippen LogP contribution >= 0.6 is 12.2 Å². The van der Waals surface area contributed by atoms with Crippen molar-refractivity contribution in [3.05, 3.63) is 24.0 Å². The van der Waals surface area contributed by atoms with Crippen molar-refractivity contribution >= 4 is 37.1 Å². The largest absolute Gasteiger partial charge is 0.388 e. The van der Waals surface area contributed by atoms with E-state index in [0.29, 0.717) is 0 Å². The summed E-state index contributed by atoms with van der Waals surface area (Å²) in [6.45, 7) is -0.146. The third-order valence-corrected chi connectivity index (χ3v) is 6.66. The summed E-state index contributed by atoms with van der Waals surface area (Å²) in [6.07, 6.45) is 1.40. The summed E-state index contributed by atoms with van der Waals surface area (Å²) in [7, 11) is -7.01. The first-order valence-electron chi connectivity index (χ1n) is 5.69. The quantitative estimate of drug-likeness (QED) is 0.715. The van der Waals surface area contributed by atoms with Gasteiger partial charge in [-0.25, -0.2) is 16.8 Å². The van der Waals surface area contributed by atoms with Gasteiger partial charge in [0.25, 0.3) is 0 Å². The minimum Gasteiger partial charge on any atom is -0.388 e. The van der Waals surface area contributed by atoms with E-state index in [0.717, 1.165) is 4.31 Å². The lowest BCUT2D eigenvalue weighted by molar-refractivity contribution is 0.430. The average molecular weight is 335 g/mol. The fraction of sp³-hybridized carbons (Fsp3) is 0.400. The third kappa shape index (κ3) is 2.97. The molecule has 0 saturated carbocycles. The number of hydrogen-bond acceptors (Lipinski definition) is 6. The summed E-state index contributed by atoms with van der Waals surface area (Å²) in [4.78, 5) is 3.67. The molecule has 10 heteroatoms. The zero-order valence-corrected chi connectivity index (χ0v) is 12.8. The van der Waals surface area contributed by atoms with Crippen molar-refractivity contribution in [2.45, 2.75) is 4.90 Å². The first-order valence-corrected chi connectivity index (χ1v) is 9.36. The molecular weight excluding hydrogens is 322 g/mol. The van der Waals surface area contributed by atoms with Crippen molar-refractivity contribution < 1.29 is 16.8 Å². The third-order valence-electron chi connectivity index (χ3n) is 2.93. The van der Waals surface area contributed by atoms with Gasteiger partial charge in [0.1, 0.15) is 15.6 Å². The molecule has 1 aliphatic heterocycles. The summed E-state index contributed by atoms with van der Waals surface area (Å²) in [5.74, 6) is -0.371. The average Bonchev–Trinajstić information content (AvgIpc) is 2.38. The first kappa shape index (κ1) is 15.3. The van der Waals surface area contributed by atoms with Gasteiger partial charge in [0.05, 0.1) is 11.5 Å². The van der Waals surface area contributed by atoms with Crippen LogP contribution in [0.1, 0.15) is 5.69 Å². The molecule has 7 nitrogen and oxygen atoms in total. The Hall–Kier alpha value is -1.10. The van der Waals surface area contributed by atoms with Crippen LogP contribution in [-0.2, 0) is 19.9 Å². The molecule has 0 aromatic carbocycles. The van der Waals surface area contributed by atoms with Gasteiger partial charge >= 0.3 is 0 Å². The summed E-state index contributed by atoms with van der Waals surface area (Å²) in [6, 6.07) is 2.83. The van der Waals surface area contributed by atoms with Crippen LogP contribution in [0, 0.1) is 0 Å². The Morgan fingerprint density at radius 1 is 1.35 bits per heavy atom. The van der Waals surface area contributed by atoms with Gasteiger partial charge in [-0.1, -0.05) is 12.2 Å². The lowest BCUT2D eigenvalue weighted by atomic mass is 10.3. The van der Waals surface area contributed by atoms with Crippen molar-refractivity contribution in [2.75, 3.05) is 24.6 Å². The maximum Gasteiger partial charge on any atom is 0.245 e. The van der Waals surface area contributed by atoms with Crippen molar-refractivity contribution in [2.24, 2.45) is 5.73 Å². The molecule has 0 atom stereocenters. The molecule has 1 aromatic rings. The smallest absolute Gasteiger partial charge is 0.245 e. The number of nitrogens with two attached hydrogens (primary N) is 1. The van der Waals surface area contributed by atoms with Crippen LogP contribution in [0.2, 0.25) is 0 Å². The Bertz CT molecular complexity index is 729. The van der Waals surface area contributed by atoms with Gasteiger partial charge < -0.3 is 5.73 Å². The Balaban J connectivity index is 2.40. The predicted octanol–water partition coefficient (Wildman–Crippen LogP) is -0.865. The summed E-state index contributed by atoms with van der Waals surface area (Å²) in [5, 5.41) is 0. The van der Waals surface area contributed by atoms with Crippen LogP contribution in [0.4, 0.5) is 0 Å². The van der Waals surface area contributed by atoms with Crippen molar-refractivity contribution in [1.82, 2.24) is 9.29 Å². The Kier molecular flexibility index (Phi) is 4.09. The molecule has 2 rings (SSSR count). The van der Waals surface area contributed by atoms with Gasteiger partial charge in [-0.3, -0.25) is 4.98 Å². The van der Waals surface area contributed by atoms with Crippen molar-refractivity contribution in [3.8, 4) is 0 Å². The zero-order chi connectivity index (χ0) is 15.0. The molecule has 0 bridgehead atoms. The Morgan fingerprint density at radius 2 is 1.95 bits per heavy atom. The Labute approximate surface area is 122 Å². The Morgan fingerprint density at radius 3 is 2.50 bits per heavy atom. The van der Waals surface area contributed by atoms with E-state index in [4.69, 9.17) is 18.0 Å². The monoisotopic (exact) mass is 335 g/mol. The molecular formula is C10H13N3O4S3. The van der Waals surface area contributed by atoms with Gasteiger partial charge in [0.15, 0.2) is 9.84 Å². The van der Waals surface area contributed by atoms with E-state index in [1.54, 1.807) is 0 Å². The molecule has 1 saturated heterocycles. The summed E-state index contributed by atoms with van der Waals surface area (Å²) >= 11 is 4.79. The van der Waals surface area contributed by atoms with Crippen LogP contribution in [0.3, 0.4) is 0 Å². The van der Waals surface area contributed by atoms with E-state index in [-0.39, 0.29) is 40.2 Å². The van der Waals surface area contributed by atoms with Crippen LogP contribution in [0.25, 0.3) is 0 Å². The van der Waals surface area contributed by atoms with Crippen molar-refractivity contribution in [1.29, 1.82) is 0 Å². The lowest BCUT2D eigenvalue weighted by Gasteiger charge is -2.26. The minimum atomic E-state index is -3.85. The number of sulfonamides is 1. The van der Waals surface area contributed by atoms with Gasteiger partial charge in [-0.2, -0.15) is 4.31 Å². The van der Waals surface area contributed by atoms with Crippen LogP contribution in [-0.4, -0.2) is 55.7 Å². The SMILES string of the molecule is NC(=S)c1ncccc1S(=O)(=O)N1CCS(=O)(=O)CC1. The molecule has 1 aliphatic rings. The van der Waals surface area contributed by atoms with Crippen LogP contribution < -0.4 is 5.73 Å². The van der Waals surface area contributed by atoms with E-state index in [1.165, 1.54) is 18.3 Å². The zero-order valence-electron chi connectivity index (χ0n) is 10.4. The van der Waals surface area contributed by atoms with Gasteiger partial charge in [0.2, 0.25) is 10.0 Å². The molecule has 0 radical (unpaired) electrons. The van der Waals surface area contributed by atoms with Crippen LogP contribution in [0.5, 0.6) is 0 Å². The topological polar surface area (TPSA) is 110 Å². The number of hydrogen-bond donors (Lipinski definition) is 1. The van der Waals surface area contributed by atoms with Crippen LogP contribution in [0.15, 0.2) is 23.2 Å². The van der Waals surface area contributed by atoms with Gasteiger partial charge in [0, 0.05) is 19.3 Å². The van der Waals surface area contributed by atoms with E-state index >= 15 is 0 Å². The molecule has 20 heavy (non-hydrogen) atoms. The number of pyridine rings is 1. The number of nitrogens with zero attached hydrogens (tertiary/aromatic N) is 2. The molecule has 1 aromatic heterocycles.